The molecule has 2 N–H and O–H groups in total. The van der Waals surface area contributed by atoms with E-state index < -0.39 is 0 Å². The standard InChI is InChI=1S/C9H16N4S.ClH/c10-5-9-3-1-2-4-13(9)6-8-7-14-12-11-8;/h7,9H,1-6,10H2;1H. The summed E-state index contributed by atoms with van der Waals surface area (Å²) >= 11 is 1.42. The minimum absolute atomic E-state index is 0. The zero-order valence-corrected chi connectivity index (χ0v) is 10.3. The zero-order valence-electron chi connectivity index (χ0n) is 8.63. The number of hydrogen-bond acceptors (Lipinski definition) is 5. The molecule has 4 nitrogen and oxygen atoms in total. The van der Waals surface area contributed by atoms with Gasteiger partial charge in [0.05, 0.1) is 5.69 Å². The van der Waals surface area contributed by atoms with E-state index in [9.17, 15) is 0 Å². The van der Waals surface area contributed by atoms with Gasteiger partial charge in [0, 0.05) is 24.5 Å². The number of halogens is 1. The average molecular weight is 249 g/mol. The lowest BCUT2D eigenvalue weighted by Crippen LogP contribution is -2.43. The highest BCUT2D eigenvalue weighted by Gasteiger charge is 2.21. The minimum atomic E-state index is 0. The number of piperidine rings is 1. The highest BCUT2D eigenvalue weighted by molar-refractivity contribution is 7.03. The predicted octanol–water partition coefficient (Wildman–Crippen LogP) is 1.27. The summed E-state index contributed by atoms with van der Waals surface area (Å²) in [7, 11) is 0. The van der Waals surface area contributed by atoms with Crippen molar-refractivity contribution >= 4 is 23.9 Å². The van der Waals surface area contributed by atoms with Crippen molar-refractivity contribution < 1.29 is 0 Å². The van der Waals surface area contributed by atoms with E-state index in [4.69, 9.17) is 5.73 Å². The van der Waals surface area contributed by atoms with E-state index in [1.807, 2.05) is 5.38 Å². The van der Waals surface area contributed by atoms with Crippen molar-refractivity contribution in [2.24, 2.45) is 5.73 Å². The Balaban J connectivity index is 0.00000112. The zero-order chi connectivity index (χ0) is 9.80. The van der Waals surface area contributed by atoms with Crippen LogP contribution in [0.25, 0.3) is 0 Å². The van der Waals surface area contributed by atoms with Crippen molar-refractivity contribution in [2.45, 2.75) is 31.8 Å². The van der Waals surface area contributed by atoms with Crippen LogP contribution in [-0.4, -0.2) is 33.6 Å². The van der Waals surface area contributed by atoms with Crippen LogP contribution < -0.4 is 5.73 Å². The summed E-state index contributed by atoms with van der Waals surface area (Å²) < 4.78 is 3.87. The third-order valence-corrected chi connectivity index (χ3v) is 3.34. The summed E-state index contributed by atoms with van der Waals surface area (Å²) in [5, 5.41) is 6.08. The topological polar surface area (TPSA) is 55.0 Å². The molecule has 2 rings (SSSR count). The Morgan fingerprint density at radius 2 is 2.40 bits per heavy atom. The molecule has 86 valence electrons. The van der Waals surface area contributed by atoms with Gasteiger partial charge in [0.25, 0.3) is 0 Å². The fourth-order valence-electron chi connectivity index (χ4n) is 2.00. The van der Waals surface area contributed by atoms with Crippen LogP contribution in [0, 0.1) is 0 Å². The van der Waals surface area contributed by atoms with Crippen LogP contribution in [0.1, 0.15) is 25.0 Å². The lowest BCUT2D eigenvalue weighted by Gasteiger charge is -2.34. The molecule has 0 amide bonds. The van der Waals surface area contributed by atoms with Crippen molar-refractivity contribution in [3.05, 3.63) is 11.1 Å². The third-order valence-electron chi connectivity index (χ3n) is 2.79. The highest BCUT2D eigenvalue weighted by Crippen LogP contribution is 2.18. The molecule has 0 spiro atoms. The van der Waals surface area contributed by atoms with Gasteiger partial charge in [-0.05, 0) is 30.9 Å². The summed E-state index contributed by atoms with van der Waals surface area (Å²) in [5.74, 6) is 0. The van der Waals surface area contributed by atoms with E-state index in [-0.39, 0.29) is 12.4 Å². The van der Waals surface area contributed by atoms with Crippen molar-refractivity contribution in [1.82, 2.24) is 14.5 Å². The molecular weight excluding hydrogens is 232 g/mol. The van der Waals surface area contributed by atoms with E-state index >= 15 is 0 Å². The molecule has 6 heteroatoms. The van der Waals surface area contributed by atoms with Crippen LogP contribution in [0.2, 0.25) is 0 Å². The molecule has 1 aromatic rings. The smallest absolute Gasteiger partial charge is 0.0895 e. The molecule has 0 saturated carbocycles. The van der Waals surface area contributed by atoms with Gasteiger partial charge in [-0.25, -0.2) is 0 Å². The van der Waals surface area contributed by atoms with E-state index in [0.717, 1.165) is 25.3 Å². The molecule has 1 unspecified atom stereocenters. The number of likely N-dealkylation sites (tertiary alicyclic amines) is 1. The number of hydrogen-bond donors (Lipinski definition) is 1. The van der Waals surface area contributed by atoms with Gasteiger partial charge in [0.2, 0.25) is 0 Å². The van der Waals surface area contributed by atoms with Gasteiger partial charge in [-0.2, -0.15) is 0 Å². The third kappa shape index (κ3) is 3.38. The predicted molar refractivity (Wildman–Crippen MR) is 64.3 cm³/mol. The van der Waals surface area contributed by atoms with Crippen molar-refractivity contribution in [1.29, 1.82) is 0 Å². The van der Waals surface area contributed by atoms with Gasteiger partial charge in [-0.15, -0.1) is 17.5 Å². The fraction of sp³-hybridized carbons (Fsp3) is 0.778. The first-order valence-corrected chi connectivity index (χ1v) is 5.94. The van der Waals surface area contributed by atoms with Crippen LogP contribution in [0.3, 0.4) is 0 Å². The molecule has 1 aromatic heterocycles. The Bertz CT molecular complexity index is 267. The quantitative estimate of drug-likeness (QED) is 0.876. The summed E-state index contributed by atoms with van der Waals surface area (Å²) in [4.78, 5) is 2.43. The van der Waals surface area contributed by atoms with Crippen LogP contribution in [0.4, 0.5) is 0 Å². The van der Waals surface area contributed by atoms with Gasteiger partial charge in [-0.1, -0.05) is 10.9 Å². The van der Waals surface area contributed by atoms with Crippen molar-refractivity contribution in [3.63, 3.8) is 0 Å². The molecule has 1 aliphatic heterocycles. The largest absolute Gasteiger partial charge is 0.329 e. The summed E-state index contributed by atoms with van der Waals surface area (Å²) in [6.45, 7) is 2.83. The van der Waals surface area contributed by atoms with E-state index in [2.05, 4.69) is 14.5 Å². The second-order valence-corrected chi connectivity index (χ2v) is 4.36. The Morgan fingerprint density at radius 1 is 1.53 bits per heavy atom. The lowest BCUT2D eigenvalue weighted by molar-refractivity contribution is 0.143. The molecule has 1 aliphatic rings. The molecular formula is C9H17ClN4S. The maximum absolute atomic E-state index is 5.75. The maximum Gasteiger partial charge on any atom is 0.0895 e. The van der Waals surface area contributed by atoms with Crippen LogP contribution in [-0.2, 0) is 6.54 Å². The summed E-state index contributed by atoms with van der Waals surface area (Å²) in [6, 6.07) is 0.547. The molecule has 1 saturated heterocycles. The van der Waals surface area contributed by atoms with Gasteiger partial charge in [0.1, 0.15) is 0 Å². The second kappa shape index (κ2) is 6.37. The molecule has 1 atom stereocenters. The average Bonchev–Trinajstić information content (AvgIpc) is 2.71. The highest BCUT2D eigenvalue weighted by atomic mass is 35.5. The van der Waals surface area contributed by atoms with Gasteiger partial charge >= 0.3 is 0 Å². The van der Waals surface area contributed by atoms with Crippen LogP contribution >= 0.6 is 23.9 Å². The molecule has 0 aliphatic carbocycles. The molecule has 0 bridgehead atoms. The van der Waals surface area contributed by atoms with E-state index in [1.54, 1.807) is 0 Å². The second-order valence-electron chi connectivity index (χ2n) is 3.75. The molecule has 1 fully saturated rings. The molecule has 0 aromatic carbocycles. The first kappa shape index (κ1) is 12.8. The molecule has 15 heavy (non-hydrogen) atoms. The molecule has 2 heterocycles. The van der Waals surface area contributed by atoms with Crippen molar-refractivity contribution in [2.75, 3.05) is 13.1 Å². The fourth-order valence-corrected chi connectivity index (χ4v) is 2.44. The number of nitrogens with two attached hydrogens (primary N) is 1. The number of aromatic nitrogens is 2. The first-order chi connectivity index (χ1) is 6.90. The Morgan fingerprint density at radius 3 is 3.07 bits per heavy atom. The monoisotopic (exact) mass is 248 g/mol. The Labute approximate surface area is 100 Å². The number of nitrogens with zero attached hydrogens (tertiary/aromatic N) is 3. The summed E-state index contributed by atoms with van der Waals surface area (Å²) in [5.41, 5.74) is 6.83. The van der Waals surface area contributed by atoms with Crippen LogP contribution in [0.15, 0.2) is 5.38 Å². The van der Waals surface area contributed by atoms with Gasteiger partial charge < -0.3 is 5.73 Å². The minimum Gasteiger partial charge on any atom is -0.329 e. The van der Waals surface area contributed by atoms with Crippen molar-refractivity contribution in [3.8, 4) is 0 Å². The first-order valence-electron chi connectivity index (χ1n) is 5.10. The Kier molecular flexibility index (Phi) is 5.45. The summed E-state index contributed by atoms with van der Waals surface area (Å²) in [6.07, 6.45) is 3.83. The SMILES string of the molecule is Cl.NCC1CCCCN1Cc1csnn1. The van der Waals surface area contributed by atoms with Gasteiger partial charge in [0.15, 0.2) is 0 Å². The normalized spacial score (nSPS) is 22.3. The molecule has 0 radical (unpaired) electrons. The Hall–Kier alpha value is -0.230. The maximum atomic E-state index is 5.75. The van der Waals surface area contributed by atoms with Gasteiger partial charge in [-0.3, -0.25) is 4.90 Å². The van der Waals surface area contributed by atoms with E-state index in [0.29, 0.717) is 6.04 Å². The van der Waals surface area contributed by atoms with Crippen LogP contribution in [0.5, 0.6) is 0 Å². The van der Waals surface area contributed by atoms with E-state index in [1.165, 1.54) is 30.8 Å². The number of rotatable bonds is 3. The lowest BCUT2D eigenvalue weighted by atomic mass is 10.0.